The van der Waals surface area contributed by atoms with E-state index in [-0.39, 0.29) is 5.82 Å². The second kappa shape index (κ2) is 5.64. The Bertz CT molecular complexity index is 943. The number of halogens is 1. The smallest absolute Gasteiger partial charge is 0.355 e. The molecule has 0 saturated carbocycles. The zero-order chi connectivity index (χ0) is 16.7. The average molecular weight is 321 g/mol. The molecule has 24 heavy (non-hydrogen) atoms. The lowest BCUT2D eigenvalue weighted by Crippen LogP contribution is -2.04. The van der Waals surface area contributed by atoms with Gasteiger partial charge in [0.2, 0.25) is 0 Å². The summed E-state index contributed by atoms with van der Waals surface area (Å²) < 4.78 is 18.6. The summed E-state index contributed by atoms with van der Waals surface area (Å²) in [5, 5.41) is 0. The Balaban J connectivity index is 2.00. The van der Waals surface area contributed by atoms with Gasteiger partial charge in [-0.25, -0.2) is 9.18 Å². The first kappa shape index (κ1) is 14.7. The van der Waals surface area contributed by atoms with Gasteiger partial charge in [-0.3, -0.25) is 0 Å². The van der Waals surface area contributed by atoms with Crippen LogP contribution in [0.3, 0.4) is 0 Å². The van der Waals surface area contributed by atoms with Gasteiger partial charge in [0.1, 0.15) is 11.5 Å². The van der Waals surface area contributed by atoms with E-state index < -0.39 is 5.97 Å². The van der Waals surface area contributed by atoms with Crippen LogP contribution in [0.4, 0.5) is 4.39 Å². The normalized spacial score (nSPS) is 12.4. The van der Waals surface area contributed by atoms with E-state index in [1.54, 1.807) is 6.07 Å². The molecule has 3 nitrogen and oxygen atoms in total. The third kappa shape index (κ3) is 2.22. The first-order valence-electron chi connectivity index (χ1n) is 7.86. The third-order valence-electron chi connectivity index (χ3n) is 4.54. The Kier molecular flexibility index (Phi) is 3.45. The van der Waals surface area contributed by atoms with Gasteiger partial charge in [-0.2, -0.15) is 0 Å². The van der Waals surface area contributed by atoms with E-state index in [1.165, 1.54) is 24.8 Å². The lowest BCUT2D eigenvalue weighted by molar-refractivity contribution is 0.0596. The minimum atomic E-state index is -0.443. The molecular weight excluding hydrogens is 305 g/mol. The van der Waals surface area contributed by atoms with Crippen molar-refractivity contribution in [3.05, 3.63) is 71.2 Å². The summed E-state index contributed by atoms with van der Waals surface area (Å²) in [5.41, 5.74) is 6.11. The number of aryl methyl sites for hydroxylation is 1. The molecule has 120 valence electrons. The molecule has 0 fully saturated rings. The van der Waals surface area contributed by atoms with Gasteiger partial charge in [0.15, 0.2) is 0 Å². The number of hydrogen-bond donors (Lipinski definition) is 1. The maximum Gasteiger partial charge on any atom is 0.355 e. The minimum absolute atomic E-state index is 0.325. The molecule has 0 amide bonds. The van der Waals surface area contributed by atoms with E-state index in [1.807, 2.05) is 24.3 Å². The third-order valence-corrected chi connectivity index (χ3v) is 4.54. The number of rotatable bonds is 2. The van der Waals surface area contributed by atoms with Gasteiger partial charge in [0.25, 0.3) is 0 Å². The number of fused-ring (bicyclic) bond motifs is 3. The maximum absolute atomic E-state index is 13.7. The monoisotopic (exact) mass is 321 g/mol. The molecule has 1 aliphatic rings. The number of methoxy groups -OCH3 is 1. The molecule has 0 unspecified atom stereocenters. The first-order valence-corrected chi connectivity index (χ1v) is 7.86. The van der Waals surface area contributed by atoms with E-state index in [0.29, 0.717) is 11.3 Å². The van der Waals surface area contributed by atoms with Gasteiger partial charge in [0, 0.05) is 11.1 Å². The number of aromatic nitrogens is 1. The molecular formula is C20H16FNO2. The standard InChI is InChI=1S/C20H16FNO2/c1-24-20(23)19-17(13-6-4-7-14(21)11-13)16-10-9-12-5-2-3-8-15(12)18(16)22-19/h2-8,11,22H,9-10H2,1H3. The maximum atomic E-state index is 13.7. The van der Waals surface area contributed by atoms with Crippen molar-refractivity contribution in [3.8, 4) is 22.4 Å². The fourth-order valence-corrected chi connectivity index (χ4v) is 3.48. The summed E-state index contributed by atoms with van der Waals surface area (Å²) >= 11 is 0. The number of esters is 1. The highest BCUT2D eigenvalue weighted by molar-refractivity contribution is 5.99. The summed E-state index contributed by atoms with van der Waals surface area (Å²) in [6.07, 6.45) is 1.69. The van der Waals surface area contributed by atoms with E-state index >= 15 is 0 Å². The Morgan fingerprint density at radius 1 is 1.12 bits per heavy atom. The SMILES string of the molecule is COC(=O)c1[nH]c2c(c1-c1cccc(F)c1)CCc1ccccc1-2. The van der Waals surface area contributed by atoms with Crippen molar-refractivity contribution < 1.29 is 13.9 Å². The predicted octanol–water partition coefficient (Wildman–Crippen LogP) is 4.37. The van der Waals surface area contributed by atoms with Crippen LogP contribution in [0.25, 0.3) is 22.4 Å². The van der Waals surface area contributed by atoms with Crippen LogP contribution in [-0.2, 0) is 17.6 Å². The average Bonchev–Trinajstić information content (AvgIpc) is 3.01. The molecule has 1 heterocycles. The molecule has 1 N–H and O–H groups in total. The quantitative estimate of drug-likeness (QED) is 0.712. The number of carbonyl (C=O) groups is 1. The molecule has 1 aromatic heterocycles. The Labute approximate surface area is 139 Å². The van der Waals surface area contributed by atoms with Gasteiger partial charge in [-0.05, 0) is 41.7 Å². The highest BCUT2D eigenvalue weighted by Gasteiger charge is 2.27. The Morgan fingerprint density at radius 2 is 1.96 bits per heavy atom. The molecule has 0 aliphatic heterocycles. The largest absolute Gasteiger partial charge is 0.464 e. The van der Waals surface area contributed by atoms with Crippen LogP contribution >= 0.6 is 0 Å². The van der Waals surface area contributed by atoms with Crippen molar-refractivity contribution in [1.29, 1.82) is 0 Å². The van der Waals surface area contributed by atoms with Crippen molar-refractivity contribution in [2.75, 3.05) is 7.11 Å². The lowest BCUT2D eigenvalue weighted by atomic mass is 9.87. The minimum Gasteiger partial charge on any atom is -0.464 e. The molecule has 0 radical (unpaired) electrons. The molecule has 3 aromatic rings. The molecule has 2 aromatic carbocycles. The fourth-order valence-electron chi connectivity index (χ4n) is 3.48. The Hall–Kier alpha value is -2.88. The summed E-state index contributed by atoms with van der Waals surface area (Å²) in [6.45, 7) is 0. The number of nitrogens with one attached hydrogen (secondary N) is 1. The summed E-state index contributed by atoms with van der Waals surface area (Å²) in [4.78, 5) is 15.5. The second-order valence-corrected chi connectivity index (χ2v) is 5.89. The van der Waals surface area contributed by atoms with E-state index in [0.717, 1.165) is 35.2 Å². The van der Waals surface area contributed by atoms with Crippen LogP contribution in [-0.4, -0.2) is 18.1 Å². The van der Waals surface area contributed by atoms with Gasteiger partial charge in [0.05, 0.1) is 12.8 Å². The van der Waals surface area contributed by atoms with Crippen LogP contribution < -0.4 is 0 Å². The van der Waals surface area contributed by atoms with Gasteiger partial charge in [-0.1, -0.05) is 36.4 Å². The summed E-state index contributed by atoms with van der Waals surface area (Å²) in [6, 6.07) is 14.5. The van der Waals surface area contributed by atoms with Crippen molar-refractivity contribution in [3.63, 3.8) is 0 Å². The van der Waals surface area contributed by atoms with Crippen molar-refractivity contribution in [2.45, 2.75) is 12.8 Å². The van der Waals surface area contributed by atoms with E-state index in [2.05, 4.69) is 11.1 Å². The zero-order valence-corrected chi connectivity index (χ0v) is 13.2. The van der Waals surface area contributed by atoms with Crippen LogP contribution in [0.1, 0.15) is 21.6 Å². The van der Waals surface area contributed by atoms with Crippen LogP contribution in [0.5, 0.6) is 0 Å². The predicted molar refractivity (Wildman–Crippen MR) is 90.4 cm³/mol. The first-order chi connectivity index (χ1) is 11.7. The molecule has 4 rings (SSSR count). The van der Waals surface area contributed by atoms with Crippen LogP contribution in [0.15, 0.2) is 48.5 Å². The number of aromatic amines is 1. The van der Waals surface area contributed by atoms with E-state index in [9.17, 15) is 9.18 Å². The highest BCUT2D eigenvalue weighted by atomic mass is 19.1. The van der Waals surface area contributed by atoms with Crippen LogP contribution in [0.2, 0.25) is 0 Å². The molecule has 0 spiro atoms. The number of benzene rings is 2. The number of ether oxygens (including phenoxy) is 1. The second-order valence-electron chi connectivity index (χ2n) is 5.89. The van der Waals surface area contributed by atoms with Crippen molar-refractivity contribution in [2.24, 2.45) is 0 Å². The molecule has 1 aliphatic carbocycles. The highest BCUT2D eigenvalue weighted by Crippen LogP contribution is 2.41. The fraction of sp³-hybridized carbons (Fsp3) is 0.150. The molecule has 4 heteroatoms. The van der Waals surface area contributed by atoms with E-state index in [4.69, 9.17) is 4.74 Å². The van der Waals surface area contributed by atoms with Gasteiger partial charge < -0.3 is 9.72 Å². The molecule has 0 atom stereocenters. The molecule has 0 bridgehead atoms. The molecule has 0 saturated heterocycles. The lowest BCUT2D eigenvalue weighted by Gasteiger charge is -2.17. The number of H-pyrrole nitrogens is 1. The zero-order valence-electron chi connectivity index (χ0n) is 13.2. The Morgan fingerprint density at radius 3 is 2.75 bits per heavy atom. The number of carbonyl (C=O) groups excluding carboxylic acids is 1. The summed E-state index contributed by atoms with van der Waals surface area (Å²) in [5.74, 6) is -0.768. The topological polar surface area (TPSA) is 42.1 Å². The number of hydrogen-bond acceptors (Lipinski definition) is 2. The van der Waals surface area contributed by atoms with Gasteiger partial charge >= 0.3 is 5.97 Å². The van der Waals surface area contributed by atoms with Gasteiger partial charge in [-0.15, -0.1) is 0 Å². The van der Waals surface area contributed by atoms with Crippen molar-refractivity contribution >= 4 is 5.97 Å². The summed E-state index contributed by atoms with van der Waals surface area (Å²) in [7, 11) is 1.35. The van der Waals surface area contributed by atoms with Crippen LogP contribution in [0, 0.1) is 5.82 Å². The van der Waals surface area contributed by atoms with Crippen molar-refractivity contribution in [1.82, 2.24) is 4.98 Å².